The molecule has 2 rings (SSSR count). The van der Waals surface area contributed by atoms with Crippen molar-refractivity contribution in [3.05, 3.63) is 46.5 Å². The molecule has 0 saturated heterocycles. The fourth-order valence-corrected chi connectivity index (χ4v) is 3.29. The summed E-state index contributed by atoms with van der Waals surface area (Å²) in [5.74, 6) is -8.04. The molecule has 2 N–H and O–H groups in total. The lowest BCUT2D eigenvalue weighted by Crippen LogP contribution is -2.42. The van der Waals surface area contributed by atoms with Gasteiger partial charge in [-0.05, 0) is 0 Å². The number of amides is 2. The first kappa shape index (κ1) is 25.1. The van der Waals surface area contributed by atoms with E-state index >= 15 is 0 Å². The number of rotatable bonds is 6. The van der Waals surface area contributed by atoms with E-state index in [2.05, 4.69) is 0 Å². The van der Waals surface area contributed by atoms with Crippen LogP contribution in [0.4, 0.5) is 26.3 Å². The summed E-state index contributed by atoms with van der Waals surface area (Å²) < 4.78 is 74.9. The van der Waals surface area contributed by atoms with Crippen molar-refractivity contribution in [2.75, 3.05) is 13.1 Å². The zero-order valence-electron chi connectivity index (χ0n) is 16.8. The van der Waals surface area contributed by atoms with Gasteiger partial charge in [0.1, 0.15) is 0 Å². The lowest BCUT2D eigenvalue weighted by molar-refractivity contribution is -0.173. The molecule has 0 aromatic heterocycles. The van der Waals surface area contributed by atoms with Crippen LogP contribution >= 0.6 is 0 Å². The minimum Gasteiger partial charge on any atom is -0.348 e. The summed E-state index contributed by atoms with van der Waals surface area (Å²) in [6, 6.07) is 5.61. The molecule has 0 bridgehead atoms. The largest absolute Gasteiger partial charge is 0.471 e. The SMILES string of the molecule is CC(CNC(=O)C(F)(F)F)C1=C(C(C)CNC(=O)C(F)(F)F)C(=O)c2ccccc2C1=O. The fraction of sp³-hybridized carbons (Fsp3) is 0.400. The summed E-state index contributed by atoms with van der Waals surface area (Å²) in [5.41, 5.74) is -0.497. The Labute approximate surface area is 178 Å². The van der Waals surface area contributed by atoms with Gasteiger partial charge in [0, 0.05) is 47.2 Å². The third kappa shape index (κ3) is 5.35. The summed E-state index contributed by atoms with van der Waals surface area (Å²) in [7, 11) is 0. The molecular weight excluding hydrogens is 446 g/mol. The average molecular weight is 464 g/mol. The van der Waals surface area contributed by atoms with Crippen LogP contribution < -0.4 is 10.6 Å². The first-order valence-electron chi connectivity index (χ1n) is 9.28. The van der Waals surface area contributed by atoms with Crippen LogP contribution in [0.25, 0.3) is 0 Å². The van der Waals surface area contributed by atoms with Gasteiger partial charge in [-0.2, -0.15) is 26.3 Å². The number of hydrogen-bond acceptors (Lipinski definition) is 4. The summed E-state index contributed by atoms with van der Waals surface area (Å²) in [4.78, 5) is 48.3. The second kappa shape index (κ2) is 9.13. The van der Waals surface area contributed by atoms with Crippen LogP contribution in [0.1, 0.15) is 34.6 Å². The zero-order valence-corrected chi connectivity index (χ0v) is 16.8. The van der Waals surface area contributed by atoms with E-state index in [0.717, 1.165) is 0 Å². The van der Waals surface area contributed by atoms with Gasteiger partial charge < -0.3 is 10.6 Å². The highest BCUT2D eigenvalue weighted by Crippen LogP contribution is 2.34. The lowest BCUT2D eigenvalue weighted by Gasteiger charge is -2.28. The van der Waals surface area contributed by atoms with Crippen LogP contribution in [-0.4, -0.2) is 48.8 Å². The third-order valence-electron chi connectivity index (χ3n) is 4.83. The van der Waals surface area contributed by atoms with Gasteiger partial charge in [0.2, 0.25) is 0 Å². The number of carbonyl (C=O) groups is 4. The predicted molar refractivity (Wildman–Crippen MR) is 98.6 cm³/mol. The second-order valence-corrected chi connectivity index (χ2v) is 7.25. The highest BCUT2D eigenvalue weighted by atomic mass is 19.4. The molecular formula is C20H18F6N2O4. The average Bonchev–Trinajstić information content (AvgIpc) is 2.70. The van der Waals surface area contributed by atoms with Gasteiger partial charge in [0.15, 0.2) is 11.6 Å². The minimum absolute atomic E-state index is 0.0169. The Bertz CT molecular complexity index is 904. The van der Waals surface area contributed by atoms with E-state index in [4.69, 9.17) is 0 Å². The monoisotopic (exact) mass is 464 g/mol. The van der Waals surface area contributed by atoms with Crippen LogP contribution in [0.5, 0.6) is 0 Å². The van der Waals surface area contributed by atoms with Gasteiger partial charge in [-0.1, -0.05) is 38.1 Å². The van der Waals surface area contributed by atoms with Crippen molar-refractivity contribution in [1.29, 1.82) is 0 Å². The quantitative estimate of drug-likeness (QED) is 0.634. The second-order valence-electron chi connectivity index (χ2n) is 7.25. The van der Waals surface area contributed by atoms with Gasteiger partial charge in [-0.25, -0.2) is 0 Å². The molecule has 1 aliphatic rings. The standard InChI is InChI=1S/C20H18F6N2O4/c1-9(7-27-17(31)19(21,22)23)13-14(10(2)8-28-18(32)20(24,25)26)16(30)12-6-4-3-5-11(12)15(13)29/h3-6,9-10H,7-8H2,1-2H3,(H,27,31)(H,28,32). The molecule has 0 saturated carbocycles. The molecule has 2 unspecified atom stereocenters. The molecule has 1 aromatic carbocycles. The Balaban J connectivity index is 2.41. The Kier molecular flexibility index (Phi) is 7.16. The van der Waals surface area contributed by atoms with E-state index in [1.54, 1.807) is 10.6 Å². The molecule has 0 fully saturated rings. The number of halogens is 6. The van der Waals surface area contributed by atoms with Gasteiger partial charge >= 0.3 is 24.2 Å². The highest BCUT2D eigenvalue weighted by molar-refractivity contribution is 6.27. The molecule has 1 aliphatic carbocycles. The topological polar surface area (TPSA) is 92.3 Å². The molecule has 2 atom stereocenters. The maximum atomic E-state index is 13.0. The summed E-state index contributed by atoms with van der Waals surface area (Å²) in [6.45, 7) is 1.29. The molecule has 174 valence electrons. The van der Waals surface area contributed by atoms with Crippen LogP contribution in [0.2, 0.25) is 0 Å². The van der Waals surface area contributed by atoms with Crippen molar-refractivity contribution in [2.45, 2.75) is 26.2 Å². The van der Waals surface area contributed by atoms with Crippen molar-refractivity contribution in [3.63, 3.8) is 0 Å². The van der Waals surface area contributed by atoms with Gasteiger partial charge in [0.25, 0.3) is 0 Å². The number of Topliss-reactive ketones (excluding diaryl/α,β-unsaturated/α-hetero) is 2. The van der Waals surface area contributed by atoms with Crippen molar-refractivity contribution in [1.82, 2.24) is 10.6 Å². The van der Waals surface area contributed by atoms with Crippen molar-refractivity contribution < 1.29 is 45.5 Å². The molecule has 32 heavy (non-hydrogen) atoms. The van der Waals surface area contributed by atoms with E-state index in [1.807, 2.05) is 0 Å². The maximum absolute atomic E-state index is 13.0. The number of hydrogen-bond donors (Lipinski definition) is 2. The van der Waals surface area contributed by atoms with E-state index < -0.39 is 60.7 Å². The Morgan fingerprint density at radius 1 is 0.750 bits per heavy atom. The summed E-state index contributed by atoms with van der Waals surface area (Å²) >= 11 is 0. The third-order valence-corrected chi connectivity index (χ3v) is 4.83. The first-order valence-corrected chi connectivity index (χ1v) is 9.28. The number of carbonyl (C=O) groups excluding carboxylic acids is 4. The van der Waals surface area contributed by atoms with Gasteiger partial charge in [-0.3, -0.25) is 19.2 Å². The van der Waals surface area contributed by atoms with Crippen LogP contribution in [0, 0.1) is 11.8 Å². The Morgan fingerprint density at radius 3 is 1.34 bits per heavy atom. The molecule has 12 heteroatoms. The molecule has 0 spiro atoms. The van der Waals surface area contributed by atoms with E-state index in [0.29, 0.717) is 0 Å². The number of nitrogens with one attached hydrogen (secondary N) is 2. The van der Waals surface area contributed by atoms with E-state index in [-0.39, 0.29) is 22.3 Å². The molecule has 1 aromatic rings. The Morgan fingerprint density at radius 2 is 1.06 bits per heavy atom. The van der Waals surface area contributed by atoms with Crippen LogP contribution in [-0.2, 0) is 9.59 Å². The van der Waals surface area contributed by atoms with E-state index in [1.165, 1.54) is 38.1 Å². The zero-order chi connectivity index (χ0) is 24.4. The van der Waals surface area contributed by atoms with Crippen LogP contribution in [0.3, 0.4) is 0 Å². The smallest absolute Gasteiger partial charge is 0.348 e. The minimum atomic E-state index is -5.16. The normalized spacial score (nSPS) is 16.4. The lowest BCUT2D eigenvalue weighted by atomic mass is 9.75. The van der Waals surface area contributed by atoms with Gasteiger partial charge in [-0.15, -0.1) is 0 Å². The number of alkyl halides is 6. The van der Waals surface area contributed by atoms with Crippen molar-refractivity contribution >= 4 is 23.4 Å². The van der Waals surface area contributed by atoms with Crippen molar-refractivity contribution in [2.24, 2.45) is 11.8 Å². The number of ketones is 2. The number of benzene rings is 1. The maximum Gasteiger partial charge on any atom is 0.471 e. The van der Waals surface area contributed by atoms with Crippen LogP contribution in [0.15, 0.2) is 35.4 Å². The molecule has 0 radical (unpaired) electrons. The Hall–Kier alpha value is -3.18. The molecule has 6 nitrogen and oxygen atoms in total. The first-order chi connectivity index (χ1) is 14.7. The van der Waals surface area contributed by atoms with E-state index in [9.17, 15) is 45.5 Å². The molecule has 0 aliphatic heterocycles. The van der Waals surface area contributed by atoms with Gasteiger partial charge in [0.05, 0.1) is 0 Å². The molecule has 2 amide bonds. The predicted octanol–water partition coefficient (Wildman–Crippen LogP) is 2.99. The summed E-state index contributed by atoms with van der Waals surface area (Å²) in [5, 5.41) is 3.26. The number of fused-ring (bicyclic) bond motifs is 1. The summed E-state index contributed by atoms with van der Waals surface area (Å²) in [6.07, 6.45) is -10.3. The fourth-order valence-electron chi connectivity index (χ4n) is 3.29. The van der Waals surface area contributed by atoms with Crippen molar-refractivity contribution in [3.8, 4) is 0 Å². The highest BCUT2D eigenvalue weighted by Gasteiger charge is 2.41. The molecule has 0 heterocycles.